The van der Waals surface area contributed by atoms with Crippen LogP contribution in [-0.4, -0.2) is 48.2 Å². The highest BCUT2D eigenvalue weighted by Crippen LogP contribution is 2.24. The molecule has 172 valence electrons. The number of ether oxygens (including phenoxy) is 1. The molecule has 0 unspecified atom stereocenters. The molecule has 0 aliphatic carbocycles. The average molecular weight is 456 g/mol. The lowest BCUT2D eigenvalue weighted by Crippen LogP contribution is -2.46. The van der Waals surface area contributed by atoms with Gasteiger partial charge >= 0.3 is 5.76 Å². The summed E-state index contributed by atoms with van der Waals surface area (Å²) in [6, 6.07) is 14.1. The van der Waals surface area contributed by atoms with Crippen molar-refractivity contribution in [1.29, 1.82) is 5.26 Å². The zero-order valence-corrected chi connectivity index (χ0v) is 17.8. The second kappa shape index (κ2) is 9.13. The van der Waals surface area contributed by atoms with E-state index in [9.17, 15) is 23.6 Å². The molecule has 0 saturated carbocycles. The number of aryl methyl sites for hydroxylation is 1. The fourth-order valence-corrected chi connectivity index (χ4v) is 3.66. The predicted octanol–water partition coefficient (Wildman–Crippen LogP) is 1.97. The number of carbonyl (C=O) groups is 1. The number of hydrogen-bond acceptors (Lipinski definition) is 6. The lowest BCUT2D eigenvalue weighted by Gasteiger charge is -2.18. The Labute approximate surface area is 187 Å². The number of nitrogens with zero attached hydrogens (tertiary/aromatic N) is 2. The van der Waals surface area contributed by atoms with E-state index in [-0.39, 0.29) is 13.0 Å². The molecule has 0 radical (unpaired) electrons. The molecule has 1 saturated heterocycles. The second-order valence-corrected chi connectivity index (χ2v) is 7.99. The number of amides is 1. The minimum absolute atomic E-state index is 0.0547. The Hall–Kier alpha value is -3.55. The Morgan fingerprint density at radius 1 is 1.30 bits per heavy atom. The van der Waals surface area contributed by atoms with E-state index in [1.165, 1.54) is 4.57 Å². The van der Waals surface area contributed by atoms with Gasteiger partial charge in [0.1, 0.15) is 18.8 Å². The zero-order chi connectivity index (χ0) is 23.6. The molecule has 0 bridgehead atoms. The maximum absolute atomic E-state index is 13.4. The second-order valence-electron chi connectivity index (χ2n) is 7.99. The Morgan fingerprint density at radius 3 is 2.76 bits per heavy atom. The number of nitrogens with one attached hydrogen (secondary N) is 2. The normalized spacial score (nSPS) is 18.9. The summed E-state index contributed by atoms with van der Waals surface area (Å²) >= 11 is 0. The largest absolute Gasteiger partial charge is 0.419 e. The van der Waals surface area contributed by atoms with E-state index in [0.29, 0.717) is 11.1 Å². The summed E-state index contributed by atoms with van der Waals surface area (Å²) in [4.78, 5) is 24.1. The molecule has 2 heterocycles. The van der Waals surface area contributed by atoms with Crippen molar-refractivity contribution in [2.75, 3.05) is 19.7 Å². The minimum Gasteiger partial charge on any atom is -0.408 e. The standard InChI is InChI=1S/C23H22F2N4O4/c1-29-18-9-16(6-7-19(18)33-22(29)31)15-4-2-14(3-5-15)8-17(10-26)28-21(30)20-11-27-12-23(24,25)13-32-20/h2-7,9,17,20,27H,8,11-13H2,1H3,(H,28,30)/t17-,20-/m0/s1. The first kappa shape index (κ1) is 22.6. The van der Waals surface area contributed by atoms with Gasteiger partial charge in [0.2, 0.25) is 0 Å². The van der Waals surface area contributed by atoms with Gasteiger partial charge < -0.3 is 19.8 Å². The van der Waals surface area contributed by atoms with Crippen molar-refractivity contribution in [3.63, 3.8) is 0 Å². The number of hydrogen-bond donors (Lipinski definition) is 2. The molecule has 0 spiro atoms. The molecule has 8 nitrogen and oxygen atoms in total. The van der Waals surface area contributed by atoms with E-state index >= 15 is 0 Å². The van der Waals surface area contributed by atoms with Crippen LogP contribution >= 0.6 is 0 Å². The predicted molar refractivity (Wildman–Crippen MR) is 116 cm³/mol. The number of benzene rings is 2. The van der Waals surface area contributed by atoms with Crippen LogP contribution in [0.4, 0.5) is 8.78 Å². The van der Waals surface area contributed by atoms with Crippen molar-refractivity contribution < 1.29 is 22.7 Å². The number of aromatic nitrogens is 1. The molecule has 2 aromatic carbocycles. The maximum atomic E-state index is 13.4. The fraction of sp³-hybridized carbons (Fsp3) is 0.348. The first-order chi connectivity index (χ1) is 15.8. The van der Waals surface area contributed by atoms with Crippen LogP contribution in [0.2, 0.25) is 0 Å². The van der Waals surface area contributed by atoms with E-state index in [1.54, 1.807) is 13.1 Å². The van der Waals surface area contributed by atoms with Crippen molar-refractivity contribution in [2.45, 2.75) is 24.5 Å². The van der Waals surface area contributed by atoms with E-state index in [4.69, 9.17) is 9.15 Å². The first-order valence-electron chi connectivity index (χ1n) is 10.3. The smallest absolute Gasteiger partial charge is 0.408 e. The van der Waals surface area contributed by atoms with Crippen LogP contribution in [0, 0.1) is 11.3 Å². The number of alkyl halides is 2. The number of carbonyl (C=O) groups excluding carboxylic acids is 1. The third-order valence-electron chi connectivity index (χ3n) is 5.49. The molecule has 4 rings (SSSR count). The SMILES string of the molecule is Cn1c(=O)oc2ccc(-c3ccc(C[C@@H](C#N)NC(=O)[C@@H]4CNCC(F)(F)CO4)cc3)cc21. The third kappa shape index (κ3) is 5.10. The van der Waals surface area contributed by atoms with E-state index in [2.05, 4.69) is 10.6 Å². The lowest BCUT2D eigenvalue weighted by molar-refractivity contribution is -0.137. The molecule has 3 aromatic rings. The molecular weight excluding hydrogens is 434 g/mol. The Morgan fingerprint density at radius 2 is 2.03 bits per heavy atom. The minimum atomic E-state index is -3.04. The quantitative estimate of drug-likeness (QED) is 0.608. The van der Waals surface area contributed by atoms with E-state index in [1.807, 2.05) is 42.5 Å². The van der Waals surface area contributed by atoms with Crippen molar-refractivity contribution in [3.8, 4) is 17.2 Å². The molecule has 1 aromatic heterocycles. The Bertz CT molecular complexity index is 1260. The molecule has 1 amide bonds. The number of halogens is 2. The van der Waals surface area contributed by atoms with Crippen LogP contribution in [0.3, 0.4) is 0 Å². The van der Waals surface area contributed by atoms with Crippen molar-refractivity contribution in [2.24, 2.45) is 7.05 Å². The molecule has 1 fully saturated rings. The van der Waals surface area contributed by atoms with Crippen molar-refractivity contribution >= 4 is 17.0 Å². The van der Waals surface area contributed by atoms with Gasteiger partial charge in [-0.3, -0.25) is 9.36 Å². The summed E-state index contributed by atoms with van der Waals surface area (Å²) in [6.45, 7) is -1.47. The summed E-state index contributed by atoms with van der Waals surface area (Å²) < 4.78 is 38.4. The average Bonchev–Trinajstić information content (AvgIpc) is 2.95. The number of oxazole rings is 1. The monoisotopic (exact) mass is 456 g/mol. The van der Waals surface area contributed by atoms with Gasteiger partial charge in [0.05, 0.1) is 18.1 Å². The van der Waals surface area contributed by atoms with Gasteiger partial charge in [-0.25, -0.2) is 13.6 Å². The Balaban J connectivity index is 1.41. The van der Waals surface area contributed by atoms with E-state index in [0.717, 1.165) is 16.7 Å². The molecule has 2 N–H and O–H groups in total. The van der Waals surface area contributed by atoms with Gasteiger partial charge in [-0.15, -0.1) is 0 Å². The van der Waals surface area contributed by atoms with Crippen molar-refractivity contribution in [1.82, 2.24) is 15.2 Å². The maximum Gasteiger partial charge on any atom is 0.419 e. The van der Waals surface area contributed by atoms with Crippen LogP contribution in [-0.2, 0) is 23.0 Å². The fourth-order valence-electron chi connectivity index (χ4n) is 3.66. The number of nitriles is 1. The summed E-state index contributed by atoms with van der Waals surface area (Å²) in [6.07, 6.45) is -0.848. The summed E-state index contributed by atoms with van der Waals surface area (Å²) in [7, 11) is 1.64. The van der Waals surface area contributed by atoms with Gasteiger partial charge in [-0.2, -0.15) is 5.26 Å². The molecule has 1 aliphatic rings. The van der Waals surface area contributed by atoms with Crippen LogP contribution < -0.4 is 16.4 Å². The van der Waals surface area contributed by atoms with Gasteiger partial charge in [-0.1, -0.05) is 30.3 Å². The molecule has 2 atom stereocenters. The number of rotatable bonds is 5. The topological polar surface area (TPSA) is 109 Å². The van der Waals surface area contributed by atoms with Gasteiger partial charge in [0, 0.05) is 20.0 Å². The number of fused-ring (bicyclic) bond motifs is 1. The highest BCUT2D eigenvalue weighted by molar-refractivity contribution is 5.82. The van der Waals surface area contributed by atoms with Crippen LogP contribution in [0.1, 0.15) is 5.56 Å². The van der Waals surface area contributed by atoms with Gasteiger partial charge in [-0.05, 0) is 28.8 Å². The van der Waals surface area contributed by atoms with Gasteiger partial charge in [0.25, 0.3) is 11.8 Å². The highest BCUT2D eigenvalue weighted by atomic mass is 19.3. The summed E-state index contributed by atoms with van der Waals surface area (Å²) in [5, 5.41) is 14.5. The Kier molecular flexibility index (Phi) is 6.26. The first-order valence-corrected chi connectivity index (χ1v) is 10.3. The third-order valence-corrected chi connectivity index (χ3v) is 5.49. The molecular formula is C23H22F2N4O4. The van der Waals surface area contributed by atoms with Crippen LogP contribution in [0.5, 0.6) is 0 Å². The molecule has 33 heavy (non-hydrogen) atoms. The molecule has 1 aliphatic heterocycles. The lowest BCUT2D eigenvalue weighted by atomic mass is 10.0. The van der Waals surface area contributed by atoms with Crippen LogP contribution in [0.15, 0.2) is 51.7 Å². The molecule has 10 heteroatoms. The zero-order valence-electron chi connectivity index (χ0n) is 17.8. The van der Waals surface area contributed by atoms with Crippen molar-refractivity contribution in [3.05, 3.63) is 58.6 Å². The summed E-state index contributed by atoms with van der Waals surface area (Å²) in [5.41, 5.74) is 3.80. The van der Waals surface area contributed by atoms with Crippen LogP contribution in [0.25, 0.3) is 22.2 Å². The van der Waals surface area contributed by atoms with Gasteiger partial charge in [0.15, 0.2) is 5.58 Å². The van der Waals surface area contributed by atoms with E-state index < -0.39 is 42.9 Å². The highest BCUT2D eigenvalue weighted by Gasteiger charge is 2.35. The summed E-state index contributed by atoms with van der Waals surface area (Å²) in [5.74, 6) is -4.08.